The van der Waals surface area contributed by atoms with Crippen LogP contribution >= 0.6 is 11.6 Å². The largest absolute Gasteiger partial charge is 0.490 e. The number of anilines is 1. The van der Waals surface area contributed by atoms with E-state index in [0.717, 1.165) is 23.0 Å². The van der Waals surface area contributed by atoms with E-state index >= 15 is 0 Å². The standard InChI is InChI=1S/C16H16ClNO/c1-2-10-19-16-8-6-13(7-9-16)12-18-15-5-3-4-14(17)11-15/h2-9,11,18H,1,10,12H2. The van der Waals surface area contributed by atoms with Gasteiger partial charge in [-0.1, -0.05) is 42.5 Å². The van der Waals surface area contributed by atoms with Gasteiger partial charge in [-0.25, -0.2) is 0 Å². The molecule has 0 aromatic heterocycles. The second-order valence-corrected chi connectivity index (χ2v) is 4.54. The molecule has 0 aliphatic heterocycles. The summed E-state index contributed by atoms with van der Waals surface area (Å²) >= 11 is 5.93. The molecule has 0 amide bonds. The Hall–Kier alpha value is -1.93. The van der Waals surface area contributed by atoms with E-state index in [-0.39, 0.29) is 0 Å². The Balaban J connectivity index is 1.91. The van der Waals surface area contributed by atoms with E-state index in [0.29, 0.717) is 6.61 Å². The number of ether oxygens (including phenoxy) is 1. The number of halogens is 1. The molecule has 0 aliphatic rings. The molecule has 0 aliphatic carbocycles. The van der Waals surface area contributed by atoms with E-state index in [4.69, 9.17) is 16.3 Å². The summed E-state index contributed by atoms with van der Waals surface area (Å²) in [6.07, 6.45) is 1.73. The number of benzene rings is 2. The molecule has 0 fully saturated rings. The lowest BCUT2D eigenvalue weighted by molar-refractivity contribution is 0.363. The topological polar surface area (TPSA) is 21.3 Å². The quantitative estimate of drug-likeness (QED) is 0.782. The van der Waals surface area contributed by atoms with E-state index < -0.39 is 0 Å². The van der Waals surface area contributed by atoms with Crippen LogP contribution in [0.3, 0.4) is 0 Å². The Morgan fingerprint density at radius 3 is 2.63 bits per heavy atom. The summed E-state index contributed by atoms with van der Waals surface area (Å²) in [5.41, 5.74) is 2.20. The van der Waals surface area contributed by atoms with Gasteiger partial charge in [-0.05, 0) is 35.9 Å². The summed E-state index contributed by atoms with van der Waals surface area (Å²) < 4.78 is 5.43. The molecular weight excluding hydrogens is 258 g/mol. The van der Waals surface area contributed by atoms with Gasteiger partial charge in [0.05, 0.1) is 0 Å². The summed E-state index contributed by atoms with van der Waals surface area (Å²) in [5.74, 6) is 0.853. The molecule has 2 rings (SSSR count). The Kier molecular flexibility index (Phi) is 4.87. The predicted octanol–water partition coefficient (Wildman–Crippen LogP) is 4.52. The van der Waals surface area contributed by atoms with Crippen LogP contribution in [0, 0.1) is 0 Å². The van der Waals surface area contributed by atoms with Gasteiger partial charge in [0.25, 0.3) is 0 Å². The third kappa shape index (κ3) is 4.34. The zero-order valence-corrected chi connectivity index (χ0v) is 11.4. The maximum atomic E-state index is 5.93. The highest BCUT2D eigenvalue weighted by Gasteiger charge is 1.97. The molecule has 2 aromatic rings. The summed E-state index contributed by atoms with van der Waals surface area (Å²) in [7, 11) is 0. The Bertz CT molecular complexity index is 537. The summed E-state index contributed by atoms with van der Waals surface area (Å²) in [6.45, 7) is 4.90. The molecule has 2 aromatic carbocycles. The van der Waals surface area contributed by atoms with Gasteiger partial charge in [0, 0.05) is 17.3 Å². The minimum atomic E-state index is 0.528. The van der Waals surface area contributed by atoms with E-state index in [1.165, 1.54) is 5.56 Å². The molecule has 3 heteroatoms. The third-order valence-corrected chi connectivity index (χ3v) is 2.85. The van der Waals surface area contributed by atoms with Crippen molar-refractivity contribution in [1.29, 1.82) is 0 Å². The van der Waals surface area contributed by atoms with Crippen LogP contribution in [0.2, 0.25) is 5.02 Å². The lowest BCUT2D eigenvalue weighted by atomic mass is 10.2. The molecule has 0 unspecified atom stereocenters. The average Bonchev–Trinajstić information content (AvgIpc) is 2.44. The van der Waals surface area contributed by atoms with Crippen molar-refractivity contribution in [1.82, 2.24) is 0 Å². The fourth-order valence-corrected chi connectivity index (χ4v) is 1.85. The van der Waals surface area contributed by atoms with Crippen LogP contribution in [0.15, 0.2) is 61.2 Å². The summed E-state index contributed by atoms with van der Waals surface area (Å²) in [5, 5.41) is 4.06. The van der Waals surface area contributed by atoms with Crippen LogP contribution in [0.4, 0.5) is 5.69 Å². The first kappa shape index (κ1) is 13.5. The van der Waals surface area contributed by atoms with Crippen molar-refractivity contribution in [2.24, 2.45) is 0 Å². The van der Waals surface area contributed by atoms with Crippen molar-refractivity contribution in [3.8, 4) is 5.75 Å². The van der Waals surface area contributed by atoms with Crippen LogP contribution < -0.4 is 10.1 Å². The maximum absolute atomic E-state index is 5.93. The van der Waals surface area contributed by atoms with Crippen molar-refractivity contribution in [3.05, 3.63) is 71.8 Å². The highest BCUT2D eigenvalue weighted by atomic mass is 35.5. The lowest BCUT2D eigenvalue weighted by Crippen LogP contribution is -1.99. The van der Waals surface area contributed by atoms with Gasteiger partial charge < -0.3 is 10.1 Å². The third-order valence-electron chi connectivity index (χ3n) is 2.61. The molecule has 2 nitrogen and oxygen atoms in total. The van der Waals surface area contributed by atoms with Crippen LogP contribution in [-0.2, 0) is 6.54 Å². The molecule has 0 saturated heterocycles. The van der Waals surface area contributed by atoms with Gasteiger partial charge >= 0.3 is 0 Å². The molecule has 0 spiro atoms. The number of nitrogens with one attached hydrogen (secondary N) is 1. The van der Waals surface area contributed by atoms with Gasteiger partial charge in [-0.3, -0.25) is 0 Å². The first-order chi connectivity index (χ1) is 9.28. The van der Waals surface area contributed by atoms with Gasteiger partial charge in [0.15, 0.2) is 0 Å². The summed E-state index contributed by atoms with van der Waals surface area (Å²) in [6, 6.07) is 15.7. The van der Waals surface area contributed by atoms with Crippen molar-refractivity contribution in [2.45, 2.75) is 6.54 Å². The summed E-state index contributed by atoms with van der Waals surface area (Å²) in [4.78, 5) is 0. The lowest BCUT2D eigenvalue weighted by Gasteiger charge is -2.08. The second kappa shape index (κ2) is 6.86. The highest BCUT2D eigenvalue weighted by molar-refractivity contribution is 6.30. The minimum Gasteiger partial charge on any atom is -0.490 e. The van der Waals surface area contributed by atoms with Crippen LogP contribution in [0.5, 0.6) is 5.75 Å². The van der Waals surface area contributed by atoms with E-state index in [2.05, 4.69) is 11.9 Å². The number of hydrogen-bond acceptors (Lipinski definition) is 2. The first-order valence-corrected chi connectivity index (χ1v) is 6.48. The Labute approximate surface area is 118 Å². The van der Waals surface area contributed by atoms with Crippen molar-refractivity contribution >= 4 is 17.3 Å². The zero-order chi connectivity index (χ0) is 13.5. The molecule has 98 valence electrons. The molecule has 0 saturated carbocycles. The SMILES string of the molecule is C=CCOc1ccc(CNc2cccc(Cl)c2)cc1. The van der Waals surface area contributed by atoms with E-state index in [1.54, 1.807) is 6.08 Å². The number of rotatable bonds is 6. The van der Waals surface area contributed by atoms with Crippen LogP contribution in [-0.4, -0.2) is 6.61 Å². The second-order valence-electron chi connectivity index (χ2n) is 4.11. The van der Waals surface area contributed by atoms with Gasteiger partial charge in [0.1, 0.15) is 12.4 Å². The highest BCUT2D eigenvalue weighted by Crippen LogP contribution is 2.17. The molecule has 0 radical (unpaired) electrons. The normalized spacial score (nSPS) is 9.95. The fraction of sp³-hybridized carbons (Fsp3) is 0.125. The first-order valence-electron chi connectivity index (χ1n) is 6.10. The molecule has 1 N–H and O–H groups in total. The smallest absolute Gasteiger partial charge is 0.119 e. The van der Waals surface area contributed by atoms with Crippen molar-refractivity contribution < 1.29 is 4.74 Å². The van der Waals surface area contributed by atoms with E-state index in [1.807, 2.05) is 48.5 Å². The molecule has 19 heavy (non-hydrogen) atoms. The Morgan fingerprint density at radius 1 is 1.16 bits per heavy atom. The molecular formula is C16H16ClNO. The van der Waals surface area contributed by atoms with Crippen LogP contribution in [0.25, 0.3) is 0 Å². The van der Waals surface area contributed by atoms with Gasteiger partial charge in [-0.15, -0.1) is 0 Å². The molecule has 0 bridgehead atoms. The minimum absolute atomic E-state index is 0.528. The van der Waals surface area contributed by atoms with E-state index in [9.17, 15) is 0 Å². The predicted molar refractivity (Wildman–Crippen MR) is 80.9 cm³/mol. The molecule has 0 heterocycles. The van der Waals surface area contributed by atoms with Gasteiger partial charge in [-0.2, -0.15) is 0 Å². The number of hydrogen-bond donors (Lipinski definition) is 1. The van der Waals surface area contributed by atoms with Crippen LogP contribution in [0.1, 0.15) is 5.56 Å². The fourth-order valence-electron chi connectivity index (χ4n) is 1.66. The van der Waals surface area contributed by atoms with Crippen molar-refractivity contribution in [3.63, 3.8) is 0 Å². The van der Waals surface area contributed by atoms with Gasteiger partial charge in [0.2, 0.25) is 0 Å². The van der Waals surface area contributed by atoms with Crippen molar-refractivity contribution in [2.75, 3.05) is 11.9 Å². The molecule has 0 atom stereocenters. The maximum Gasteiger partial charge on any atom is 0.119 e. The monoisotopic (exact) mass is 273 g/mol. The average molecular weight is 274 g/mol. The Morgan fingerprint density at radius 2 is 1.95 bits per heavy atom. The zero-order valence-electron chi connectivity index (χ0n) is 10.6.